The summed E-state index contributed by atoms with van der Waals surface area (Å²) in [6.07, 6.45) is 0.446. The molecule has 0 fully saturated rings. The molecule has 0 atom stereocenters. The van der Waals surface area contributed by atoms with Crippen LogP contribution in [0.3, 0.4) is 0 Å². The second-order valence-corrected chi connectivity index (χ2v) is 4.70. The Balaban J connectivity index is 2.20. The number of aromatic amines is 1. The number of carboxylic acid groups (broad SMARTS) is 1. The Hall–Kier alpha value is -2.56. The maximum atomic E-state index is 12.1. The number of rotatable bonds is 5. The van der Waals surface area contributed by atoms with Gasteiger partial charge in [0.1, 0.15) is 12.3 Å². The number of hydrogen-bond donors (Lipinski definition) is 2. The highest BCUT2D eigenvalue weighted by atomic mass is 16.5. The maximum Gasteiger partial charge on any atom is 0.355 e. The lowest BCUT2D eigenvalue weighted by Crippen LogP contribution is -2.09. The third kappa shape index (κ3) is 3.13. The summed E-state index contributed by atoms with van der Waals surface area (Å²) < 4.78 is 5.24. The quantitative estimate of drug-likeness (QED) is 0.829. The number of carboxylic acids is 1. The summed E-state index contributed by atoms with van der Waals surface area (Å²) in [5.41, 5.74) is 2.21. The van der Waals surface area contributed by atoms with Crippen LogP contribution >= 0.6 is 0 Å². The molecule has 0 bridgehead atoms. The van der Waals surface area contributed by atoms with Crippen LogP contribution < -0.4 is 0 Å². The molecule has 0 radical (unpaired) electrons. The average molecular weight is 287 g/mol. The predicted octanol–water partition coefficient (Wildman–Crippen LogP) is 2.94. The fraction of sp³-hybridized carbons (Fsp3) is 0.250. The van der Waals surface area contributed by atoms with E-state index in [1.54, 1.807) is 6.92 Å². The summed E-state index contributed by atoms with van der Waals surface area (Å²) in [5, 5.41) is 9.21. The first-order chi connectivity index (χ1) is 10.0. The van der Waals surface area contributed by atoms with Gasteiger partial charge >= 0.3 is 11.9 Å². The molecule has 0 spiro atoms. The molecule has 2 rings (SSSR count). The Morgan fingerprint density at radius 2 is 1.90 bits per heavy atom. The first-order valence-electron chi connectivity index (χ1n) is 6.70. The van der Waals surface area contributed by atoms with Crippen molar-refractivity contribution in [3.05, 3.63) is 58.4 Å². The number of aromatic carboxylic acids is 1. The van der Waals surface area contributed by atoms with Gasteiger partial charge in [-0.1, -0.05) is 37.3 Å². The fourth-order valence-corrected chi connectivity index (χ4v) is 2.29. The van der Waals surface area contributed by atoms with Crippen LogP contribution in [0.4, 0.5) is 0 Å². The summed E-state index contributed by atoms with van der Waals surface area (Å²) in [6.45, 7) is 3.60. The van der Waals surface area contributed by atoms with Gasteiger partial charge in [-0.3, -0.25) is 0 Å². The molecule has 0 aliphatic heterocycles. The van der Waals surface area contributed by atoms with Crippen molar-refractivity contribution in [1.29, 1.82) is 0 Å². The van der Waals surface area contributed by atoms with E-state index in [0.29, 0.717) is 17.7 Å². The number of benzene rings is 1. The SMILES string of the molecule is CCc1c(C(=O)OCc2ccccc2)[nH]c(C)c1C(=O)O. The molecule has 0 aliphatic carbocycles. The van der Waals surface area contributed by atoms with E-state index in [0.717, 1.165) is 5.56 Å². The molecule has 0 saturated carbocycles. The molecular weight excluding hydrogens is 270 g/mol. The third-order valence-corrected chi connectivity index (χ3v) is 3.28. The number of aromatic nitrogens is 1. The van der Waals surface area contributed by atoms with Crippen molar-refractivity contribution in [3.63, 3.8) is 0 Å². The van der Waals surface area contributed by atoms with Gasteiger partial charge in [0.15, 0.2) is 0 Å². The normalized spacial score (nSPS) is 10.4. The first-order valence-corrected chi connectivity index (χ1v) is 6.70. The highest BCUT2D eigenvalue weighted by Crippen LogP contribution is 2.21. The standard InChI is InChI=1S/C16H17NO4/c1-3-12-13(15(18)19)10(2)17-14(12)16(20)21-9-11-7-5-4-6-8-11/h4-8,17H,3,9H2,1-2H3,(H,18,19). The van der Waals surface area contributed by atoms with E-state index < -0.39 is 11.9 Å². The minimum absolute atomic E-state index is 0.156. The van der Waals surface area contributed by atoms with Gasteiger partial charge in [0.25, 0.3) is 0 Å². The maximum absolute atomic E-state index is 12.1. The molecular formula is C16H17NO4. The number of aryl methyl sites for hydroxylation is 1. The van der Waals surface area contributed by atoms with E-state index in [4.69, 9.17) is 4.74 Å². The molecule has 0 saturated heterocycles. The number of hydrogen-bond acceptors (Lipinski definition) is 3. The van der Waals surface area contributed by atoms with Crippen LogP contribution in [0, 0.1) is 6.92 Å². The summed E-state index contributed by atoms with van der Waals surface area (Å²) >= 11 is 0. The number of carbonyl (C=O) groups excluding carboxylic acids is 1. The smallest absolute Gasteiger partial charge is 0.355 e. The molecule has 2 N–H and O–H groups in total. The van der Waals surface area contributed by atoms with Crippen molar-refractivity contribution in [2.75, 3.05) is 0 Å². The largest absolute Gasteiger partial charge is 0.478 e. The lowest BCUT2D eigenvalue weighted by Gasteiger charge is -2.05. The van der Waals surface area contributed by atoms with E-state index in [-0.39, 0.29) is 17.9 Å². The molecule has 1 aromatic carbocycles. The van der Waals surface area contributed by atoms with Gasteiger partial charge in [-0.2, -0.15) is 0 Å². The zero-order valence-corrected chi connectivity index (χ0v) is 12.0. The Labute approximate surface area is 122 Å². The van der Waals surface area contributed by atoms with Crippen molar-refractivity contribution < 1.29 is 19.4 Å². The van der Waals surface area contributed by atoms with E-state index in [2.05, 4.69) is 4.98 Å². The number of H-pyrrole nitrogens is 1. The van der Waals surface area contributed by atoms with Gasteiger partial charge in [-0.05, 0) is 24.5 Å². The first kappa shape index (κ1) is 14.8. The van der Waals surface area contributed by atoms with Crippen LogP contribution in [0.5, 0.6) is 0 Å². The van der Waals surface area contributed by atoms with Gasteiger partial charge < -0.3 is 14.8 Å². The number of esters is 1. The molecule has 21 heavy (non-hydrogen) atoms. The highest BCUT2D eigenvalue weighted by molar-refractivity contribution is 5.97. The second-order valence-electron chi connectivity index (χ2n) is 4.70. The summed E-state index contributed by atoms with van der Waals surface area (Å²) in [4.78, 5) is 26.2. The molecule has 0 amide bonds. The van der Waals surface area contributed by atoms with Gasteiger partial charge in [-0.15, -0.1) is 0 Å². The van der Waals surface area contributed by atoms with Gasteiger partial charge in [0, 0.05) is 5.69 Å². The van der Waals surface area contributed by atoms with Crippen molar-refractivity contribution in [2.24, 2.45) is 0 Å². The molecule has 1 aromatic heterocycles. The van der Waals surface area contributed by atoms with Crippen LogP contribution in [0.15, 0.2) is 30.3 Å². The summed E-state index contributed by atoms with van der Waals surface area (Å²) in [6, 6.07) is 9.32. The van der Waals surface area contributed by atoms with E-state index in [1.165, 1.54) is 0 Å². The van der Waals surface area contributed by atoms with Crippen LogP contribution in [0.2, 0.25) is 0 Å². The minimum atomic E-state index is -1.04. The van der Waals surface area contributed by atoms with Crippen molar-refractivity contribution in [2.45, 2.75) is 26.9 Å². The fourth-order valence-electron chi connectivity index (χ4n) is 2.29. The van der Waals surface area contributed by atoms with Gasteiger partial charge in [0.2, 0.25) is 0 Å². The summed E-state index contributed by atoms with van der Waals surface area (Å²) in [7, 11) is 0. The zero-order chi connectivity index (χ0) is 15.4. The number of carbonyl (C=O) groups is 2. The Kier molecular flexibility index (Phi) is 4.42. The van der Waals surface area contributed by atoms with Crippen molar-refractivity contribution >= 4 is 11.9 Å². The molecule has 0 aliphatic rings. The molecule has 1 heterocycles. The lowest BCUT2D eigenvalue weighted by atomic mass is 10.1. The highest BCUT2D eigenvalue weighted by Gasteiger charge is 2.24. The molecule has 0 unspecified atom stereocenters. The molecule has 2 aromatic rings. The van der Waals surface area contributed by atoms with Crippen LogP contribution in [0.25, 0.3) is 0 Å². The Bertz CT molecular complexity index is 658. The Morgan fingerprint density at radius 3 is 2.48 bits per heavy atom. The second kappa shape index (κ2) is 6.26. The van der Waals surface area contributed by atoms with Crippen LogP contribution in [-0.4, -0.2) is 22.0 Å². The minimum Gasteiger partial charge on any atom is -0.478 e. The van der Waals surface area contributed by atoms with Crippen LogP contribution in [-0.2, 0) is 17.8 Å². The van der Waals surface area contributed by atoms with Crippen molar-refractivity contribution in [1.82, 2.24) is 4.98 Å². The zero-order valence-electron chi connectivity index (χ0n) is 12.0. The molecule has 5 nitrogen and oxygen atoms in total. The van der Waals surface area contributed by atoms with E-state index >= 15 is 0 Å². The van der Waals surface area contributed by atoms with E-state index in [1.807, 2.05) is 37.3 Å². The molecule has 110 valence electrons. The Morgan fingerprint density at radius 1 is 1.24 bits per heavy atom. The monoisotopic (exact) mass is 287 g/mol. The van der Waals surface area contributed by atoms with Gasteiger partial charge in [0.05, 0.1) is 5.56 Å². The van der Waals surface area contributed by atoms with Crippen molar-refractivity contribution in [3.8, 4) is 0 Å². The van der Waals surface area contributed by atoms with Gasteiger partial charge in [-0.25, -0.2) is 9.59 Å². The molecule has 5 heteroatoms. The predicted molar refractivity (Wildman–Crippen MR) is 77.4 cm³/mol. The third-order valence-electron chi connectivity index (χ3n) is 3.28. The lowest BCUT2D eigenvalue weighted by molar-refractivity contribution is 0.0465. The topological polar surface area (TPSA) is 79.4 Å². The number of nitrogens with one attached hydrogen (secondary N) is 1. The summed E-state index contributed by atoms with van der Waals surface area (Å²) in [5.74, 6) is -1.57. The average Bonchev–Trinajstić information content (AvgIpc) is 2.82. The van der Waals surface area contributed by atoms with Crippen LogP contribution in [0.1, 0.15) is 44.6 Å². The number of ether oxygens (including phenoxy) is 1. The van der Waals surface area contributed by atoms with E-state index in [9.17, 15) is 14.7 Å².